The predicted octanol–water partition coefficient (Wildman–Crippen LogP) is 1.38. The summed E-state index contributed by atoms with van der Waals surface area (Å²) >= 11 is 0. The van der Waals surface area contributed by atoms with Crippen molar-refractivity contribution in [2.75, 3.05) is 12.3 Å². The second-order valence-corrected chi connectivity index (χ2v) is 5.49. The van der Waals surface area contributed by atoms with E-state index in [0.717, 1.165) is 24.1 Å². The molecule has 1 saturated carbocycles. The molecule has 0 bridgehead atoms. The third-order valence-electron chi connectivity index (χ3n) is 3.52. The van der Waals surface area contributed by atoms with Gasteiger partial charge in [0.05, 0.1) is 0 Å². The monoisotopic (exact) mass is 289 g/mol. The molecule has 1 aromatic rings. The Morgan fingerprint density at radius 2 is 1.90 bits per heavy atom. The molecule has 1 aromatic carbocycles. The van der Waals surface area contributed by atoms with Crippen molar-refractivity contribution in [3.05, 3.63) is 29.8 Å². The first-order valence-corrected chi connectivity index (χ1v) is 7.54. The smallest absolute Gasteiger partial charge is 0.220 e. The number of para-hydroxylation sites is 1. The summed E-state index contributed by atoms with van der Waals surface area (Å²) in [6.45, 7) is 0.543. The molecular formula is C16H23N3O2. The van der Waals surface area contributed by atoms with Gasteiger partial charge in [0.25, 0.3) is 0 Å². The van der Waals surface area contributed by atoms with Crippen molar-refractivity contribution < 1.29 is 9.59 Å². The van der Waals surface area contributed by atoms with Gasteiger partial charge in [-0.3, -0.25) is 9.59 Å². The minimum atomic E-state index is 0.000791. The van der Waals surface area contributed by atoms with Crippen LogP contribution in [0.2, 0.25) is 0 Å². The fourth-order valence-corrected chi connectivity index (χ4v) is 2.10. The van der Waals surface area contributed by atoms with Crippen LogP contribution in [0.4, 0.5) is 5.69 Å². The molecule has 1 aliphatic carbocycles. The molecule has 5 nitrogen and oxygen atoms in total. The number of hydrogen-bond donors (Lipinski definition) is 3. The zero-order chi connectivity index (χ0) is 15.1. The molecule has 0 aromatic heterocycles. The lowest BCUT2D eigenvalue weighted by Crippen LogP contribution is -2.28. The van der Waals surface area contributed by atoms with E-state index in [0.29, 0.717) is 38.3 Å². The first kappa shape index (κ1) is 15.4. The van der Waals surface area contributed by atoms with Gasteiger partial charge >= 0.3 is 0 Å². The van der Waals surface area contributed by atoms with Crippen molar-refractivity contribution in [2.45, 2.75) is 44.6 Å². The lowest BCUT2D eigenvalue weighted by atomic mass is 10.1. The third kappa shape index (κ3) is 5.85. The first-order valence-electron chi connectivity index (χ1n) is 7.54. The van der Waals surface area contributed by atoms with Crippen molar-refractivity contribution >= 4 is 17.5 Å². The quantitative estimate of drug-likeness (QED) is 0.499. The number of carbonyl (C=O) groups is 2. The number of amides is 2. The zero-order valence-electron chi connectivity index (χ0n) is 12.2. The molecule has 5 heteroatoms. The summed E-state index contributed by atoms with van der Waals surface area (Å²) in [5, 5.41) is 5.77. The van der Waals surface area contributed by atoms with E-state index in [1.165, 1.54) is 0 Å². The van der Waals surface area contributed by atoms with Crippen molar-refractivity contribution in [1.29, 1.82) is 0 Å². The maximum Gasteiger partial charge on any atom is 0.220 e. The molecule has 114 valence electrons. The van der Waals surface area contributed by atoms with Crippen LogP contribution in [0.25, 0.3) is 0 Å². The lowest BCUT2D eigenvalue weighted by Gasteiger charge is -2.07. The van der Waals surface area contributed by atoms with Crippen LogP contribution in [0, 0.1) is 0 Å². The summed E-state index contributed by atoms with van der Waals surface area (Å²) in [5.74, 6) is 0.0877. The summed E-state index contributed by atoms with van der Waals surface area (Å²) in [5.41, 5.74) is 7.55. The van der Waals surface area contributed by atoms with Crippen molar-refractivity contribution in [3.63, 3.8) is 0 Å². The SMILES string of the molecule is Nc1ccccc1CCC(=O)NCCCC(=O)NC1CC1. The Morgan fingerprint density at radius 3 is 2.62 bits per heavy atom. The van der Waals surface area contributed by atoms with Crippen LogP contribution >= 0.6 is 0 Å². The van der Waals surface area contributed by atoms with E-state index in [1.807, 2.05) is 24.3 Å². The molecule has 0 unspecified atom stereocenters. The number of aryl methyl sites for hydroxylation is 1. The van der Waals surface area contributed by atoms with E-state index in [2.05, 4.69) is 10.6 Å². The minimum absolute atomic E-state index is 0.000791. The molecule has 0 heterocycles. The Morgan fingerprint density at radius 1 is 1.14 bits per heavy atom. The topological polar surface area (TPSA) is 84.2 Å². The molecule has 2 amide bonds. The van der Waals surface area contributed by atoms with Gasteiger partial charge in [0.15, 0.2) is 0 Å². The van der Waals surface area contributed by atoms with E-state index in [-0.39, 0.29) is 11.8 Å². The van der Waals surface area contributed by atoms with E-state index >= 15 is 0 Å². The van der Waals surface area contributed by atoms with Gasteiger partial charge in [-0.05, 0) is 37.3 Å². The number of nitrogens with two attached hydrogens (primary N) is 1. The van der Waals surface area contributed by atoms with Gasteiger partial charge in [-0.25, -0.2) is 0 Å². The van der Waals surface area contributed by atoms with Gasteiger partial charge in [0.2, 0.25) is 11.8 Å². The highest BCUT2D eigenvalue weighted by atomic mass is 16.2. The summed E-state index contributed by atoms with van der Waals surface area (Å²) in [4.78, 5) is 23.2. The van der Waals surface area contributed by atoms with E-state index in [9.17, 15) is 9.59 Å². The maximum atomic E-state index is 11.7. The predicted molar refractivity (Wildman–Crippen MR) is 82.6 cm³/mol. The number of nitrogens with one attached hydrogen (secondary N) is 2. The maximum absolute atomic E-state index is 11.7. The Bertz CT molecular complexity index is 498. The summed E-state index contributed by atoms with van der Waals surface area (Å²) in [6.07, 6.45) is 4.42. The fraction of sp³-hybridized carbons (Fsp3) is 0.500. The molecule has 0 radical (unpaired) electrons. The Balaban J connectivity index is 1.55. The van der Waals surface area contributed by atoms with E-state index in [4.69, 9.17) is 5.73 Å². The highest BCUT2D eigenvalue weighted by molar-refractivity contribution is 5.77. The van der Waals surface area contributed by atoms with Gasteiger partial charge in [-0.15, -0.1) is 0 Å². The summed E-state index contributed by atoms with van der Waals surface area (Å²) < 4.78 is 0. The van der Waals surface area contributed by atoms with Gasteiger partial charge in [-0.1, -0.05) is 18.2 Å². The summed E-state index contributed by atoms with van der Waals surface area (Å²) in [6, 6.07) is 7.98. The molecule has 4 N–H and O–H groups in total. The zero-order valence-corrected chi connectivity index (χ0v) is 12.2. The number of anilines is 1. The van der Waals surface area contributed by atoms with Gasteiger partial charge in [0.1, 0.15) is 0 Å². The third-order valence-corrected chi connectivity index (χ3v) is 3.52. The van der Waals surface area contributed by atoms with Crippen LogP contribution in [-0.4, -0.2) is 24.4 Å². The molecular weight excluding hydrogens is 266 g/mol. The van der Waals surface area contributed by atoms with Crippen LogP contribution in [0.5, 0.6) is 0 Å². The van der Waals surface area contributed by atoms with Crippen LogP contribution in [-0.2, 0) is 16.0 Å². The van der Waals surface area contributed by atoms with E-state index in [1.54, 1.807) is 0 Å². The number of benzene rings is 1. The number of rotatable bonds is 8. The normalized spacial score (nSPS) is 13.7. The number of hydrogen-bond acceptors (Lipinski definition) is 3. The average Bonchev–Trinajstić information content (AvgIpc) is 3.26. The van der Waals surface area contributed by atoms with Crippen molar-refractivity contribution in [2.24, 2.45) is 0 Å². The first-order chi connectivity index (χ1) is 10.1. The molecule has 0 spiro atoms. The van der Waals surface area contributed by atoms with Gasteiger partial charge < -0.3 is 16.4 Å². The second kappa shape index (κ2) is 7.67. The Kier molecular flexibility index (Phi) is 5.60. The van der Waals surface area contributed by atoms with Crippen LogP contribution in [0.3, 0.4) is 0 Å². The highest BCUT2D eigenvalue weighted by Crippen LogP contribution is 2.18. The fourth-order valence-electron chi connectivity index (χ4n) is 2.10. The Hall–Kier alpha value is -2.04. The molecule has 0 saturated heterocycles. The van der Waals surface area contributed by atoms with Crippen molar-refractivity contribution in [3.8, 4) is 0 Å². The molecule has 1 fully saturated rings. The van der Waals surface area contributed by atoms with Gasteiger partial charge in [0, 0.05) is 31.1 Å². The number of nitrogen functional groups attached to an aromatic ring is 1. The van der Waals surface area contributed by atoms with Crippen LogP contribution < -0.4 is 16.4 Å². The van der Waals surface area contributed by atoms with Gasteiger partial charge in [-0.2, -0.15) is 0 Å². The Labute approximate surface area is 125 Å². The molecule has 0 aliphatic heterocycles. The molecule has 1 aliphatic rings. The molecule has 2 rings (SSSR count). The standard InChI is InChI=1S/C16H23N3O2/c17-14-5-2-1-4-12(14)7-10-15(20)18-11-3-6-16(21)19-13-8-9-13/h1-2,4-5,13H,3,6-11,17H2,(H,18,20)(H,19,21). The lowest BCUT2D eigenvalue weighted by molar-refractivity contribution is -0.123. The second-order valence-electron chi connectivity index (χ2n) is 5.49. The van der Waals surface area contributed by atoms with Crippen LogP contribution in [0.15, 0.2) is 24.3 Å². The van der Waals surface area contributed by atoms with E-state index < -0.39 is 0 Å². The molecule has 21 heavy (non-hydrogen) atoms. The summed E-state index contributed by atoms with van der Waals surface area (Å²) in [7, 11) is 0. The average molecular weight is 289 g/mol. The number of carbonyl (C=O) groups excluding carboxylic acids is 2. The minimum Gasteiger partial charge on any atom is -0.399 e. The highest BCUT2D eigenvalue weighted by Gasteiger charge is 2.22. The largest absolute Gasteiger partial charge is 0.399 e. The van der Waals surface area contributed by atoms with Crippen LogP contribution in [0.1, 0.15) is 37.7 Å². The van der Waals surface area contributed by atoms with Crippen molar-refractivity contribution in [1.82, 2.24) is 10.6 Å². The molecule has 0 atom stereocenters.